The summed E-state index contributed by atoms with van der Waals surface area (Å²) >= 11 is 1.24. The van der Waals surface area contributed by atoms with Gasteiger partial charge in [0.15, 0.2) is 22.9 Å². The number of thiazole rings is 1. The molecule has 1 atom stereocenters. The van der Waals surface area contributed by atoms with Crippen molar-refractivity contribution in [1.29, 1.82) is 0 Å². The molecule has 0 radical (unpaired) electrons. The van der Waals surface area contributed by atoms with Gasteiger partial charge in [0.05, 0.1) is 42.2 Å². The van der Waals surface area contributed by atoms with Gasteiger partial charge in [0, 0.05) is 0 Å². The number of nitrogens with zero attached hydrogens (tertiary/aromatic N) is 2. The molecule has 0 amide bonds. The Morgan fingerprint density at radius 1 is 1.03 bits per heavy atom. The fourth-order valence-electron chi connectivity index (χ4n) is 4.20. The van der Waals surface area contributed by atoms with E-state index in [1.54, 1.807) is 42.7 Å². The van der Waals surface area contributed by atoms with Gasteiger partial charge in [0.2, 0.25) is 0 Å². The fraction of sp³-hybridized carbons (Fsp3) is 0.310. The van der Waals surface area contributed by atoms with Crippen LogP contribution in [0.15, 0.2) is 63.5 Å². The minimum Gasteiger partial charge on any atom is -0.490 e. The molecule has 3 aromatic rings. The van der Waals surface area contributed by atoms with Crippen LogP contribution >= 0.6 is 11.3 Å². The minimum atomic E-state index is -0.670. The maximum absolute atomic E-state index is 13.8. The lowest BCUT2D eigenvalue weighted by Gasteiger charge is -2.24. The third-order valence-corrected chi connectivity index (χ3v) is 7.03. The summed E-state index contributed by atoms with van der Waals surface area (Å²) in [4.78, 5) is 43.4. The Bertz CT molecular complexity index is 1600. The van der Waals surface area contributed by atoms with E-state index in [1.807, 2.05) is 38.1 Å². The lowest BCUT2D eigenvalue weighted by atomic mass is 9.95. The van der Waals surface area contributed by atoms with Gasteiger partial charge in [-0.05, 0) is 57.0 Å². The summed E-state index contributed by atoms with van der Waals surface area (Å²) in [5.41, 5.74) is 3.12. The average Bonchev–Trinajstić information content (AvgIpc) is 3.22. The second-order valence-electron chi connectivity index (χ2n) is 8.72. The molecule has 1 aromatic heterocycles. The maximum Gasteiger partial charge on any atom is 0.343 e. The van der Waals surface area contributed by atoms with Crippen molar-refractivity contribution in [1.82, 2.24) is 4.57 Å². The van der Waals surface area contributed by atoms with E-state index < -0.39 is 18.0 Å². The number of carbonyl (C=O) groups is 2. The Kier molecular flexibility index (Phi) is 8.65. The summed E-state index contributed by atoms with van der Waals surface area (Å²) in [5.74, 6) is -0.193. The first-order valence-corrected chi connectivity index (χ1v) is 13.3. The first-order chi connectivity index (χ1) is 18.8. The Morgan fingerprint density at radius 2 is 1.77 bits per heavy atom. The van der Waals surface area contributed by atoms with Crippen LogP contribution in [0.4, 0.5) is 0 Å². The number of hydrogen-bond donors (Lipinski definition) is 0. The molecule has 0 unspecified atom stereocenters. The summed E-state index contributed by atoms with van der Waals surface area (Å²) in [6, 6.07) is 12.2. The van der Waals surface area contributed by atoms with E-state index in [9.17, 15) is 14.4 Å². The highest BCUT2D eigenvalue weighted by molar-refractivity contribution is 7.07. The highest BCUT2D eigenvalue weighted by Crippen LogP contribution is 2.31. The summed E-state index contributed by atoms with van der Waals surface area (Å²) in [7, 11) is 1.29. The van der Waals surface area contributed by atoms with Gasteiger partial charge in [0.25, 0.3) is 5.56 Å². The minimum absolute atomic E-state index is 0.210. The van der Waals surface area contributed by atoms with Crippen molar-refractivity contribution in [2.45, 2.75) is 33.7 Å². The van der Waals surface area contributed by atoms with Crippen molar-refractivity contribution in [3.8, 4) is 11.5 Å². The fourth-order valence-corrected chi connectivity index (χ4v) is 5.25. The van der Waals surface area contributed by atoms with Gasteiger partial charge in [-0.2, -0.15) is 0 Å². The number of aromatic nitrogens is 1. The van der Waals surface area contributed by atoms with E-state index in [1.165, 1.54) is 18.4 Å². The zero-order valence-electron chi connectivity index (χ0n) is 22.5. The predicted molar refractivity (Wildman–Crippen MR) is 147 cm³/mol. The number of aryl methyl sites for hydroxylation is 1. The van der Waals surface area contributed by atoms with Crippen molar-refractivity contribution < 1.29 is 28.5 Å². The standard InChI is InChI=1S/C29H30N2O7S/c1-6-36-22-14-19(10-13-21(22)38-16-24(32)35-5)15-23-27(33)31-26(20-11-8-17(3)9-12-20)25(28(34)37-7-2)18(4)30-29(31)39-23/h8-15,26H,6-7,16H2,1-5H3/b23-15+/t26-/m1/s1. The number of hydrogen-bond acceptors (Lipinski definition) is 9. The Morgan fingerprint density at radius 3 is 2.44 bits per heavy atom. The van der Waals surface area contributed by atoms with Crippen LogP contribution in [-0.2, 0) is 19.1 Å². The van der Waals surface area contributed by atoms with E-state index in [-0.39, 0.29) is 18.8 Å². The Balaban J connectivity index is 1.82. The first kappa shape index (κ1) is 27.8. The summed E-state index contributed by atoms with van der Waals surface area (Å²) in [6.45, 7) is 7.65. The van der Waals surface area contributed by atoms with Crippen molar-refractivity contribution in [2.75, 3.05) is 26.9 Å². The van der Waals surface area contributed by atoms with Crippen LogP contribution in [0.3, 0.4) is 0 Å². The topological polar surface area (TPSA) is 105 Å². The van der Waals surface area contributed by atoms with Gasteiger partial charge in [-0.1, -0.05) is 47.2 Å². The lowest BCUT2D eigenvalue weighted by Crippen LogP contribution is -2.39. The van der Waals surface area contributed by atoms with Crippen molar-refractivity contribution in [2.24, 2.45) is 4.99 Å². The number of rotatable bonds is 9. The molecule has 2 heterocycles. The van der Waals surface area contributed by atoms with Gasteiger partial charge in [0.1, 0.15) is 0 Å². The van der Waals surface area contributed by atoms with Gasteiger partial charge in [-0.15, -0.1) is 0 Å². The largest absolute Gasteiger partial charge is 0.490 e. The highest BCUT2D eigenvalue weighted by Gasteiger charge is 2.33. The number of esters is 2. The molecule has 0 spiro atoms. The van der Waals surface area contributed by atoms with Gasteiger partial charge in [-0.25, -0.2) is 14.6 Å². The molecular formula is C29H30N2O7S. The first-order valence-electron chi connectivity index (χ1n) is 12.5. The SMILES string of the molecule is CCOC(=O)C1=C(C)N=c2s/c(=C/c3ccc(OCC(=O)OC)c(OCC)c3)c(=O)n2[C@@H]1c1ccc(C)cc1. The second kappa shape index (κ2) is 12.1. The van der Waals surface area contributed by atoms with E-state index >= 15 is 0 Å². The monoisotopic (exact) mass is 550 g/mol. The molecule has 2 aromatic carbocycles. The molecule has 0 N–H and O–H groups in total. The number of benzene rings is 2. The Labute approximate surface area is 229 Å². The molecule has 39 heavy (non-hydrogen) atoms. The maximum atomic E-state index is 13.8. The number of ether oxygens (including phenoxy) is 4. The number of carbonyl (C=O) groups excluding carboxylic acids is 2. The zero-order valence-corrected chi connectivity index (χ0v) is 23.3. The molecule has 204 valence electrons. The zero-order chi connectivity index (χ0) is 28.1. The van der Waals surface area contributed by atoms with Crippen molar-refractivity contribution >= 4 is 29.4 Å². The number of fused-ring (bicyclic) bond motifs is 1. The van der Waals surface area contributed by atoms with Crippen LogP contribution in [0, 0.1) is 6.92 Å². The molecule has 1 aliphatic heterocycles. The van der Waals surface area contributed by atoms with Crippen LogP contribution in [0.25, 0.3) is 6.08 Å². The van der Waals surface area contributed by atoms with Crippen molar-refractivity contribution in [3.05, 3.63) is 90.1 Å². The van der Waals surface area contributed by atoms with Gasteiger partial charge in [-0.3, -0.25) is 9.36 Å². The van der Waals surface area contributed by atoms with E-state index in [4.69, 9.17) is 14.2 Å². The van der Waals surface area contributed by atoms with E-state index in [2.05, 4.69) is 9.73 Å². The normalized spacial score (nSPS) is 14.9. The van der Waals surface area contributed by atoms with Crippen LogP contribution in [-0.4, -0.2) is 43.4 Å². The van der Waals surface area contributed by atoms with E-state index in [0.717, 1.165) is 11.1 Å². The van der Waals surface area contributed by atoms with Crippen LogP contribution in [0.5, 0.6) is 11.5 Å². The third-order valence-electron chi connectivity index (χ3n) is 6.05. The summed E-state index contributed by atoms with van der Waals surface area (Å²) < 4.78 is 23.2. The molecule has 0 aliphatic carbocycles. The molecule has 10 heteroatoms. The molecular weight excluding hydrogens is 520 g/mol. The number of methoxy groups -OCH3 is 1. The third kappa shape index (κ3) is 5.96. The second-order valence-corrected chi connectivity index (χ2v) is 9.73. The highest BCUT2D eigenvalue weighted by atomic mass is 32.1. The number of allylic oxidation sites excluding steroid dienone is 1. The van der Waals surface area contributed by atoms with Crippen LogP contribution in [0.1, 0.15) is 43.5 Å². The molecule has 0 fully saturated rings. The summed E-state index contributed by atoms with van der Waals surface area (Å²) in [6.07, 6.45) is 1.74. The molecule has 4 rings (SSSR count). The van der Waals surface area contributed by atoms with Crippen molar-refractivity contribution in [3.63, 3.8) is 0 Å². The molecule has 0 saturated carbocycles. The van der Waals surface area contributed by atoms with E-state index in [0.29, 0.717) is 44.3 Å². The van der Waals surface area contributed by atoms with Gasteiger partial charge < -0.3 is 18.9 Å². The molecule has 0 bridgehead atoms. The smallest absolute Gasteiger partial charge is 0.343 e. The predicted octanol–water partition coefficient (Wildman–Crippen LogP) is 3.06. The average molecular weight is 551 g/mol. The molecule has 1 aliphatic rings. The van der Waals surface area contributed by atoms with Gasteiger partial charge >= 0.3 is 11.9 Å². The van der Waals surface area contributed by atoms with Crippen LogP contribution in [0.2, 0.25) is 0 Å². The lowest BCUT2D eigenvalue weighted by molar-refractivity contribution is -0.143. The molecule has 0 saturated heterocycles. The molecule has 9 nitrogen and oxygen atoms in total. The quantitative estimate of drug-likeness (QED) is 0.377. The summed E-state index contributed by atoms with van der Waals surface area (Å²) in [5, 5.41) is 0. The Hall–Kier alpha value is -4.18. The van der Waals surface area contributed by atoms with Crippen LogP contribution < -0.4 is 24.4 Å².